The third-order valence-electron chi connectivity index (χ3n) is 3.46. The van der Waals surface area contributed by atoms with E-state index in [2.05, 4.69) is 4.40 Å². The second kappa shape index (κ2) is 8.32. The third kappa shape index (κ3) is 4.82. The van der Waals surface area contributed by atoms with Crippen molar-refractivity contribution in [3.8, 4) is 11.1 Å². The van der Waals surface area contributed by atoms with E-state index in [0.29, 0.717) is 10.1 Å². The Morgan fingerprint density at radius 1 is 1.20 bits per heavy atom. The molecule has 0 heterocycles. The molecule has 0 bridgehead atoms. The van der Waals surface area contributed by atoms with Gasteiger partial charge in [0.2, 0.25) is 0 Å². The van der Waals surface area contributed by atoms with Gasteiger partial charge in [0.05, 0.1) is 13.3 Å². The Bertz CT molecular complexity index is 800. The Morgan fingerprint density at radius 2 is 1.88 bits per heavy atom. The number of halogens is 1. The molecule has 0 radical (unpaired) electrons. The molecule has 1 unspecified atom stereocenters. The summed E-state index contributed by atoms with van der Waals surface area (Å²) in [7, 11) is 1.54. The third-order valence-corrected chi connectivity index (χ3v) is 5.51. The lowest BCUT2D eigenvalue weighted by Crippen LogP contribution is -2.25. The van der Waals surface area contributed by atoms with E-state index in [9.17, 15) is 4.55 Å². The summed E-state index contributed by atoms with van der Waals surface area (Å²) in [5.74, 6) is 0. The van der Waals surface area contributed by atoms with Crippen LogP contribution in [0.5, 0.6) is 0 Å². The molecule has 0 aliphatic rings. The summed E-state index contributed by atoms with van der Waals surface area (Å²) in [5, 5.41) is 0.952. The Morgan fingerprint density at radius 3 is 2.52 bits per heavy atom. The van der Waals surface area contributed by atoms with Gasteiger partial charge in [-0.1, -0.05) is 46.3 Å². The standard InChI is InChI=1S/C19H20ClNO2S2/c1-19(2,3)25(22)21-12-13-8-7-11-16(20)17(13)14-9-5-6-10-15(14)18(24)23-4/h5-12H,1-4H3/b21-12+. The van der Waals surface area contributed by atoms with E-state index in [1.54, 1.807) is 13.3 Å². The average Bonchev–Trinajstić information content (AvgIpc) is 2.58. The smallest absolute Gasteiger partial charge is 0.191 e. The van der Waals surface area contributed by atoms with Gasteiger partial charge in [0.25, 0.3) is 0 Å². The molecule has 0 aliphatic heterocycles. The van der Waals surface area contributed by atoms with Gasteiger partial charge in [0.1, 0.15) is 16.1 Å². The molecule has 0 aliphatic carbocycles. The number of hydrogen-bond donors (Lipinski definition) is 0. The van der Waals surface area contributed by atoms with Crippen molar-refractivity contribution < 1.29 is 9.29 Å². The molecule has 0 aromatic heterocycles. The van der Waals surface area contributed by atoms with Crippen molar-refractivity contribution in [1.82, 2.24) is 0 Å². The van der Waals surface area contributed by atoms with Gasteiger partial charge in [-0.05, 0) is 50.7 Å². The summed E-state index contributed by atoms with van der Waals surface area (Å²) in [4.78, 5) is 0. The molecule has 2 rings (SSSR count). The molecule has 2 aromatic rings. The number of benzene rings is 2. The molecule has 132 valence electrons. The number of rotatable bonds is 4. The molecular weight excluding hydrogens is 374 g/mol. The van der Waals surface area contributed by atoms with Gasteiger partial charge in [0.15, 0.2) is 5.05 Å². The summed E-state index contributed by atoms with van der Waals surface area (Å²) in [6, 6.07) is 13.2. The monoisotopic (exact) mass is 393 g/mol. The SMILES string of the molecule is COC(=S)c1ccccc1-c1c(Cl)cccc1/C=N/[S+]([O-])C(C)(C)C. The number of nitrogens with zero attached hydrogens (tertiary/aromatic N) is 1. The van der Waals surface area contributed by atoms with Crippen molar-refractivity contribution in [3.63, 3.8) is 0 Å². The van der Waals surface area contributed by atoms with Crippen molar-refractivity contribution in [2.45, 2.75) is 25.5 Å². The lowest BCUT2D eigenvalue weighted by molar-refractivity contribution is 0.416. The van der Waals surface area contributed by atoms with E-state index in [1.807, 2.05) is 63.2 Å². The lowest BCUT2D eigenvalue weighted by atomic mass is 9.96. The normalized spacial score (nSPS) is 13.0. The quantitative estimate of drug-likeness (QED) is 0.407. The van der Waals surface area contributed by atoms with Crippen LogP contribution in [0.25, 0.3) is 11.1 Å². The van der Waals surface area contributed by atoms with Gasteiger partial charge in [-0.15, -0.1) is 0 Å². The molecule has 0 spiro atoms. The highest BCUT2D eigenvalue weighted by molar-refractivity contribution is 7.91. The first-order valence-corrected chi connectivity index (χ1v) is 9.57. The van der Waals surface area contributed by atoms with Crippen molar-refractivity contribution in [2.75, 3.05) is 7.11 Å². The first kappa shape index (κ1) is 19.9. The molecule has 25 heavy (non-hydrogen) atoms. The van der Waals surface area contributed by atoms with Crippen molar-refractivity contribution in [1.29, 1.82) is 0 Å². The van der Waals surface area contributed by atoms with Gasteiger partial charge in [0, 0.05) is 21.7 Å². The molecule has 3 nitrogen and oxygen atoms in total. The van der Waals surface area contributed by atoms with Crippen LogP contribution in [0, 0.1) is 0 Å². The maximum atomic E-state index is 12.2. The van der Waals surface area contributed by atoms with E-state index in [4.69, 9.17) is 28.6 Å². The largest absolute Gasteiger partial charge is 0.591 e. The molecule has 0 N–H and O–H groups in total. The van der Waals surface area contributed by atoms with Crippen LogP contribution in [-0.2, 0) is 16.1 Å². The second-order valence-corrected chi connectivity index (χ2v) is 9.05. The second-order valence-electron chi connectivity index (χ2n) is 6.34. The van der Waals surface area contributed by atoms with Crippen LogP contribution >= 0.6 is 23.8 Å². The van der Waals surface area contributed by atoms with Gasteiger partial charge in [-0.25, -0.2) is 0 Å². The maximum Gasteiger partial charge on any atom is 0.191 e. The fourth-order valence-electron chi connectivity index (χ4n) is 2.18. The van der Waals surface area contributed by atoms with E-state index in [1.165, 1.54) is 0 Å². The fourth-order valence-corrected chi connectivity index (χ4v) is 3.17. The van der Waals surface area contributed by atoms with Crippen LogP contribution in [0.2, 0.25) is 5.02 Å². The predicted octanol–water partition coefficient (Wildman–Crippen LogP) is 5.21. The Labute approximate surface area is 162 Å². The van der Waals surface area contributed by atoms with Crippen LogP contribution in [-0.4, -0.2) is 27.7 Å². The van der Waals surface area contributed by atoms with Crippen LogP contribution in [0.15, 0.2) is 46.9 Å². The van der Waals surface area contributed by atoms with Gasteiger partial charge in [-0.2, -0.15) is 0 Å². The summed E-state index contributed by atoms with van der Waals surface area (Å²) < 4.78 is 21.2. The van der Waals surface area contributed by atoms with E-state index in [-0.39, 0.29) is 0 Å². The van der Waals surface area contributed by atoms with Crippen LogP contribution in [0.1, 0.15) is 31.9 Å². The van der Waals surface area contributed by atoms with Crippen molar-refractivity contribution >= 4 is 46.4 Å². The minimum atomic E-state index is -1.35. The molecule has 0 amide bonds. The van der Waals surface area contributed by atoms with Crippen LogP contribution in [0.3, 0.4) is 0 Å². The van der Waals surface area contributed by atoms with Gasteiger partial charge < -0.3 is 9.29 Å². The topological polar surface area (TPSA) is 44.6 Å². The van der Waals surface area contributed by atoms with E-state index in [0.717, 1.165) is 22.3 Å². The van der Waals surface area contributed by atoms with Crippen molar-refractivity contribution in [2.24, 2.45) is 4.40 Å². The molecule has 2 aromatic carbocycles. The zero-order chi connectivity index (χ0) is 18.6. The zero-order valence-electron chi connectivity index (χ0n) is 14.6. The van der Waals surface area contributed by atoms with Crippen LogP contribution < -0.4 is 0 Å². The number of methoxy groups -OCH3 is 1. The van der Waals surface area contributed by atoms with Gasteiger partial charge >= 0.3 is 0 Å². The van der Waals surface area contributed by atoms with Gasteiger partial charge in [-0.3, -0.25) is 0 Å². The van der Waals surface area contributed by atoms with Crippen molar-refractivity contribution in [3.05, 3.63) is 58.6 Å². The molecule has 0 saturated carbocycles. The zero-order valence-corrected chi connectivity index (χ0v) is 17.0. The Balaban J connectivity index is 2.57. The molecule has 0 saturated heterocycles. The summed E-state index contributed by atoms with van der Waals surface area (Å²) in [5.41, 5.74) is 3.19. The van der Waals surface area contributed by atoms with E-state index < -0.39 is 16.1 Å². The maximum absolute atomic E-state index is 12.2. The highest BCUT2D eigenvalue weighted by Crippen LogP contribution is 2.34. The molecule has 0 fully saturated rings. The molecule has 1 atom stereocenters. The minimum Gasteiger partial charge on any atom is -0.591 e. The Kier molecular flexibility index (Phi) is 6.63. The number of thiocarbonyl (C=S) groups is 1. The summed E-state index contributed by atoms with van der Waals surface area (Å²) in [6.45, 7) is 5.64. The average molecular weight is 394 g/mol. The number of hydrogen-bond acceptors (Lipinski definition) is 4. The highest BCUT2D eigenvalue weighted by atomic mass is 35.5. The lowest BCUT2D eigenvalue weighted by Gasteiger charge is -2.18. The summed E-state index contributed by atoms with van der Waals surface area (Å²) in [6.07, 6.45) is 1.61. The minimum absolute atomic E-state index is 0.386. The first-order valence-electron chi connectivity index (χ1n) is 7.68. The first-order chi connectivity index (χ1) is 11.8. The number of ether oxygens (including phenoxy) is 1. The Hall–Kier alpha value is -1.40. The fraction of sp³-hybridized carbons (Fsp3) is 0.263. The molecule has 6 heteroatoms. The summed E-state index contributed by atoms with van der Waals surface area (Å²) >= 11 is 10.4. The van der Waals surface area contributed by atoms with Crippen LogP contribution in [0.4, 0.5) is 0 Å². The molecular formula is C19H20ClNO2S2. The van der Waals surface area contributed by atoms with E-state index >= 15 is 0 Å². The highest BCUT2D eigenvalue weighted by Gasteiger charge is 2.26. The predicted molar refractivity (Wildman–Crippen MR) is 111 cm³/mol.